The molecule has 5 aromatic rings. The van der Waals surface area contributed by atoms with Gasteiger partial charge in [-0.15, -0.1) is 0 Å². The number of Topliss-reactive ketones (excluding diaryl/α,β-unsaturated/α-hetero) is 1. The summed E-state index contributed by atoms with van der Waals surface area (Å²) < 4.78 is 14.2. The number of hydrogen-bond acceptors (Lipinski definition) is 8. The van der Waals surface area contributed by atoms with Gasteiger partial charge in [0, 0.05) is 23.1 Å². The second-order valence-corrected chi connectivity index (χ2v) is 9.25. The summed E-state index contributed by atoms with van der Waals surface area (Å²) in [6.07, 6.45) is 0.0213. The van der Waals surface area contributed by atoms with Crippen LogP contribution in [0.3, 0.4) is 0 Å². The summed E-state index contributed by atoms with van der Waals surface area (Å²) >= 11 is 1.02. The number of nitriles is 1. The van der Waals surface area contributed by atoms with E-state index in [2.05, 4.69) is 14.8 Å². The third-order valence-corrected chi connectivity index (χ3v) is 6.71. The number of ether oxygens (including phenoxy) is 1. The van der Waals surface area contributed by atoms with Gasteiger partial charge in [0.05, 0.1) is 29.3 Å². The molecule has 1 aromatic heterocycles. The largest absolute Gasteiger partial charge is 1.00 e. The monoisotopic (exact) mass is 553 g/mol. The normalized spacial score (nSPS) is 11.2. The Morgan fingerprint density at radius 3 is 2.17 bits per heavy atom. The molecule has 9 heteroatoms. The summed E-state index contributed by atoms with van der Waals surface area (Å²) in [5.74, 6) is -1.35. The molecule has 0 saturated heterocycles. The van der Waals surface area contributed by atoms with Crippen LogP contribution in [0, 0.1) is 11.3 Å². The van der Waals surface area contributed by atoms with Crippen LogP contribution in [-0.4, -0.2) is 20.5 Å². The molecule has 0 amide bonds. The Balaban J connectivity index is 0.00000370. The first-order valence-electron chi connectivity index (χ1n) is 12.0. The summed E-state index contributed by atoms with van der Waals surface area (Å²) in [6, 6.07) is 29.9. The van der Waals surface area contributed by atoms with Crippen LogP contribution in [0.1, 0.15) is 32.6 Å². The number of carboxylic acids is 1. The van der Waals surface area contributed by atoms with Crippen LogP contribution in [0.2, 0.25) is 0 Å². The number of rotatable bonds is 9. The maximum Gasteiger partial charge on any atom is 1.00 e. The second-order valence-electron chi connectivity index (χ2n) is 8.72. The van der Waals surface area contributed by atoms with Crippen molar-refractivity contribution in [1.29, 1.82) is 5.26 Å². The number of carboxylic acid groups (broad SMARTS) is 1. The van der Waals surface area contributed by atoms with Crippen LogP contribution in [-0.2, 0) is 17.8 Å². The third-order valence-electron chi connectivity index (χ3n) is 6.15. The van der Waals surface area contributed by atoms with Crippen molar-refractivity contribution in [1.82, 2.24) is 8.75 Å². The van der Waals surface area contributed by atoms with E-state index in [1.165, 1.54) is 0 Å². The minimum Gasteiger partial charge on any atom is -0.545 e. The molecule has 5 rings (SSSR count). The molecule has 4 aromatic carbocycles. The Hall–Kier alpha value is -4.13. The molecule has 40 heavy (non-hydrogen) atoms. The van der Waals surface area contributed by atoms with E-state index < -0.39 is 11.8 Å². The van der Waals surface area contributed by atoms with Gasteiger partial charge in [-0.1, -0.05) is 48.5 Å². The predicted octanol–water partition coefficient (Wildman–Crippen LogP) is 1.78. The van der Waals surface area contributed by atoms with Gasteiger partial charge in [0.15, 0.2) is 5.78 Å². The summed E-state index contributed by atoms with van der Waals surface area (Å²) in [6.45, 7) is 0.376. The number of ketones is 1. The van der Waals surface area contributed by atoms with Gasteiger partial charge in [0.25, 0.3) is 0 Å². The van der Waals surface area contributed by atoms with E-state index in [1.807, 2.05) is 30.3 Å². The predicted molar refractivity (Wildman–Crippen MR) is 146 cm³/mol. The molecule has 1 heterocycles. The summed E-state index contributed by atoms with van der Waals surface area (Å²) in [5, 5.41) is 21.6. The van der Waals surface area contributed by atoms with E-state index in [9.17, 15) is 14.7 Å². The van der Waals surface area contributed by atoms with Gasteiger partial charge >= 0.3 is 29.6 Å². The first kappa shape index (κ1) is 28.9. The molecule has 0 radical (unpaired) electrons. The number of carbonyl (C=O) groups is 2. The molecule has 0 atom stereocenters. The first-order chi connectivity index (χ1) is 19.0. The van der Waals surface area contributed by atoms with Gasteiger partial charge in [-0.05, 0) is 65.2 Å². The molecule has 0 N–H and O–H groups in total. The molecule has 0 aliphatic heterocycles. The number of allylic oxidation sites excluding steroid dienone is 1. The maximum absolute atomic E-state index is 13.8. The van der Waals surface area contributed by atoms with Crippen LogP contribution in [0.5, 0.6) is 5.75 Å². The first-order valence-corrected chi connectivity index (χ1v) is 12.7. The fourth-order valence-electron chi connectivity index (χ4n) is 4.15. The SMILES string of the molecule is N#Cc1ccc(CC(C(=O)c2ccc(OCc3ccccc3)cc2)=C(C(=O)[O-])c2ccc3nsnc3c2)cc1.[Na+]. The maximum atomic E-state index is 13.8. The zero-order chi connectivity index (χ0) is 27.2. The molecular weight excluding hydrogens is 533 g/mol. The van der Waals surface area contributed by atoms with Gasteiger partial charge in [-0.25, -0.2) is 0 Å². The van der Waals surface area contributed by atoms with Crippen molar-refractivity contribution in [3.05, 3.63) is 130 Å². The van der Waals surface area contributed by atoms with E-state index in [4.69, 9.17) is 10.00 Å². The van der Waals surface area contributed by atoms with Crippen LogP contribution in [0.25, 0.3) is 16.6 Å². The average molecular weight is 554 g/mol. The number of fused-ring (bicyclic) bond motifs is 1. The Labute approximate surface area is 257 Å². The van der Waals surface area contributed by atoms with Crippen LogP contribution >= 0.6 is 11.7 Å². The van der Waals surface area contributed by atoms with Crippen molar-refractivity contribution in [2.24, 2.45) is 0 Å². The standard InChI is InChI=1S/C31H21N3O4S.Na/c32-18-21-8-6-20(7-9-21)16-26(29(31(36)37)24-12-15-27-28(17-24)34-39-33-27)30(35)23-10-13-25(14-11-23)38-19-22-4-2-1-3-5-22;/h1-15,17H,16,19H2,(H,36,37);/q;+1/p-1. The molecule has 0 unspecified atom stereocenters. The fourth-order valence-corrected chi connectivity index (χ4v) is 4.67. The van der Waals surface area contributed by atoms with Gasteiger partial charge in [-0.3, -0.25) is 4.79 Å². The Morgan fingerprint density at radius 2 is 1.50 bits per heavy atom. The summed E-state index contributed by atoms with van der Waals surface area (Å²) in [4.78, 5) is 26.3. The van der Waals surface area contributed by atoms with Crippen molar-refractivity contribution >= 4 is 40.1 Å². The van der Waals surface area contributed by atoms with E-state index in [-0.39, 0.29) is 47.1 Å². The zero-order valence-electron chi connectivity index (χ0n) is 21.5. The molecule has 0 bridgehead atoms. The van der Waals surface area contributed by atoms with Crippen molar-refractivity contribution < 1.29 is 49.0 Å². The number of hydrogen-bond donors (Lipinski definition) is 0. The molecule has 0 spiro atoms. The number of nitrogens with zero attached hydrogens (tertiary/aromatic N) is 3. The van der Waals surface area contributed by atoms with E-state index in [1.54, 1.807) is 66.7 Å². The molecular formula is C31H20N3NaO4S. The van der Waals surface area contributed by atoms with Crippen molar-refractivity contribution in [2.45, 2.75) is 13.0 Å². The molecule has 0 aliphatic carbocycles. The van der Waals surface area contributed by atoms with Crippen LogP contribution in [0.4, 0.5) is 0 Å². The van der Waals surface area contributed by atoms with Gasteiger partial charge in [0.2, 0.25) is 0 Å². The van der Waals surface area contributed by atoms with E-state index in [0.29, 0.717) is 45.6 Å². The van der Waals surface area contributed by atoms with Crippen molar-refractivity contribution in [3.8, 4) is 11.8 Å². The van der Waals surface area contributed by atoms with Gasteiger partial charge < -0.3 is 14.6 Å². The van der Waals surface area contributed by atoms with Crippen molar-refractivity contribution in [2.75, 3.05) is 0 Å². The minimum absolute atomic E-state index is 0. The molecule has 0 fully saturated rings. The van der Waals surface area contributed by atoms with E-state index in [0.717, 1.165) is 17.3 Å². The molecule has 7 nitrogen and oxygen atoms in total. The number of benzene rings is 4. The Kier molecular flexibility index (Phi) is 9.59. The van der Waals surface area contributed by atoms with Crippen LogP contribution < -0.4 is 39.4 Å². The van der Waals surface area contributed by atoms with Crippen molar-refractivity contribution in [3.63, 3.8) is 0 Å². The zero-order valence-corrected chi connectivity index (χ0v) is 24.4. The van der Waals surface area contributed by atoms with Gasteiger partial charge in [-0.2, -0.15) is 14.0 Å². The third kappa shape index (κ3) is 6.71. The molecule has 0 saturated carbocycles. The minimum atomic E-state index is -1.47. The Bertz CT molecular complexity index is 1730. The second kappa shape index (κ2) is 13.3. The van der Waals surface area contributed by atoms with Gasteiger partial charge in [0.1, 0.15) is 23.4 Å². The van der Waals surface area contributed by atoms with Crippen LogP contribution in [0.15, 0.2) is 103 Å². The molecule has 190 valence electrons. The quantitative estimate of drug-likeness (QED) is 0.155. The summed E-state index contributed by atoms with van der Waals surface area (Å²) in [7, 11) is 0. The smallest absolute Gasteiger partial charge is 0.545 e. The summed E-state index contributed by atoms with van der Waals surface area (Å²) in [5.41, 5.74) is 3.75. The molecule has 0 aliphatic rings. The van der Waals surface area contributed by atoms with E-state index >= 15 is 0 Å². The number of aliphatic carboxylic acids is 1. The number of carbonyl (C=O) groups excluding carboxylic acids is 2. The Morgan fingerprint density at radius 1 is 0.825 bits per heavy atom. The topological polar surface area (TPSA) is 116 Å². The number of aromatic nitrogens is 2. The fraction of sp³-hybridized carbons (Fsp3) is 0.0645. The average Bonchev–Trinajstić information content (AvgIpc) is 3.44.